The number of aliphatic hydroxyl groups is 5. The van der Waals surface area contributed by atoms with Gasteiger partial charge in [-0.15, -0.1) is 0 Å². The molecule has 0 aliphatic heterocycles. The molecular weight excluding hydrogens is 695 g/mol. The first-order valence-corrected chi connectivity index (χ1v) is 21.8. The number of rotatable bonds is 33. The molecule has 0 amide bonds. The normalized spacial score (nSPS) is 23.6. The van der Waals surface area contributed by atoms with E-state index in [-0.39, 0.29) is 12.8 Å². The van der Waals surface area contributed by atoms with Crippen molar-refractivity contribution >= 4 is 19.8 Å². The lowest BCUT2D eigenvalue weighted by Crippen LogP contribution is -2.64. The lowest BCUT2D eigenvalue weighted by atomic mass is 9.85. The minimum absolute atomic E-state index is 0.104. The fraction of sp³-hybridized carbons (Fsp3) is 0.947. The Bertz CT molecular complexity index is 938. The van der Waals surface area contributed by atoms with E-state index in [1.807, 2.05) is 0 Å². The first-order valence-electron chi connectivity index (χ1n) is 20.3. The number of phosphoric acid groups is 1. The van der Waals surface area contributed by atoms with E-state index in [0.717, 1.165) is 51.4 Å². The molecule has 1 saturated carbocycles. The van der Waals surface area contributed by atoms with Gasteiger partial charge in [-0.1, -0.05) is 149 Å². The van der Waals surface area contributed by atoms with Gasteiger partial charge in [-0.2, -0.15) is 0 Å². The molecule has 0 spiro atoms. The average molecular weight is 769 g/mol. The third-order valence-electron chi connectivity index (χ3n) is 9.70. The topological polar surface area (TPSA) is 210 Å². The first kappa shape index (κ1) is 48.9. The highest BCUT2D eigenvalue weighted by molar-refractivity contribution is 7.47. The van der Waals surface area contributed by atoms with Gasteiger partial charge in [0.2, 0.25) is 0 Å². The fourth-order valence-electron chi connectivity index (χ4n) is 6.35. The molecule has 0 aromatic carbocycles. The number of carbonyl (C=O) groups excluding carboxylic acids is 2. The van der Waals surface area contributed by atoms with E-state index in [1.165, 1.54) is 83.5 Å². The number of esters is 2. The van der Waals surface area contributed by atoms with Crippen LogP contribution in [-0.4, -0.2) is 98.3 Å². The van der Waals surface area contributed by atoms with E-state index < -0.39 is 75.7 Å². The SMILES string of the molecule is CCCCCCCCCCCCCCCCCCCC(=O)OC(COC(=O)CCCCCCCC)COP(=O)(O)OC1C(O)C(O)C(O)C(O)C1O. The quantitative estimate of drug-likeness (QED) is 0.0238. The number of unbranched alkanes of at least 4 members (excludes halogenated alkanes) is 21. The second kappa shape index (κ2) is 30.1. The molecule has 0 saturated heterocycles. The molecule has 0 aromatic heterocycles. The summed E-state index contributed by atoms with van der Waals surface area (Å²) in [6.07, 6.45) is 13.6. The van der Waals surface area contributed by atoms with Crippen LogP contribution in [0.2, 0.25) is 0 Å². The molecule has 308 valence electrons. The van der Waals surface area contributed by atoms with E-state index >= 15 is 0 Å². The highest BCUT2D eigenvalue weighted by Gasteiger charge is 2.51. The van der Waals surface area contributed by atoms with Gasteiger partial charge in [-0.25, -0.2) is 4.57 Å². The molecule has 1 aliphatic carbocycles. The van der Waals surface area contributed by atoms with Crippen molar-refractivity contribution in [2.75, 3.05) is 13.2 Å². The number of ether oxygens (including phenoxy) is 2. The molecule has 1 aliphatic rings. The fourth-order valence-corrected chi connectivity index (χ4v) is 7.32. The van der Waals surface area contributed by atoms with Crippen molar-refractivity contribution in [1.29, 1.82) is 0 Å². The van der Waals surface area contributed by atoms with E-state index in [9.17, 15) is 44.6 Å². The Hall–Kier alpha value is -1.15. The Morgan fingerprint density at radius 1 is 0.519 bits per heavy atom. The van der Waals surface area contributed by atoms with Crippen LogP contribution in [0.5, 0.6) is 0 Å². The van der Waals surface area contributed by atoms with Crippen LogP contribution in [0, 0.1) is 0 Å². The maximum atomic E-state index is 12.7. The lowest BCUT2D eigenvalue weighted by Gasteiger charge is -2.41. The smallest absolute Gasteiger partial charge is 0.462 e. The summed E-state index contributed by atoms with van der Waals surface area (Å²) in [4.78, 5) is 35.3. The summed E-state index contributed by atoms with van der Waals surface area (Å²) in [6.45, 7) is 3.21. The predicted octanol–water partition coefficient (Wildman–Crippen LogP) is 6.55. The Kier molecular flexibility index (Phi) is 28.3. The third-order valence-corrected chi connectivity index (χ3v) is 10.7. The van der Waals surface area contributed by atoms with Crippen LogP contribution < -0.4 is 0 Å². The summed E-state index contributed by atoms with van der Waals surface area (Å²) in [5, 5.41) is 49.8. The molecule has 0 heterocycles. The molecule has 1 fully saturated rings. The van der Waals surface area contributed by atoms with E-state index in [2.05, 4.69) is 13.8 Å². The van der Waals surface area contributed by atoms with Crippen LogP contribution in [0.1, 0.15) is 174 Å². The van der Waals surface area contributed by atoms with Crippen LogP contribution in [-0.2, 0) is 32.7 Å². The van der Waals surface area contributed by atoms with Crippen molar-refractivity contribution in [3.05, 3.63) is 0 Å². The predicted molar refractivity (Wildman–Crippen MR) is 198 cm³/mol. The molecule has 52 heavy (non-hydrogen) atoms. The van der Waals surface area contributed by atoms with Gasteiger partial charge < -0.3 is 39.9 Å². The number of phosphoric ester groups is 1. The van der Waals surface area contributed by atoms with Crippen LogP contribution in [0.3, 0.4) is 0 Å². The zero-order chi connectivity index (χ0) is 38.6. The van der Waals surface area contributed by atoms with Crippen molar-refractivity contribution in [1.82, 2.24) is 0 Å². The van der Waals surface area contributed by atoms with Crippen LogP contribution in [0.25, 0.3) is 0 Å². The monoisotopic (exact) mass is 768 g/mol. The molecule has 13 nitrogen and oxygen atoms in total. The van der Waals surface area contributed by atoms with E-state index in [4.69, 9.17) is 18.5 Å². The van der Waals surface area contributed by atoms with Gasteiger partial charge in [0.25, 0.3) is 0 Å². The third kappa shape index (κ3) is 22.9. The van der Waals surface area contributed by atoms with Crippen molar-refractivity contribution in [3.63, 3.8) is 0 Å². The second-order valence-corrected chi connectivity index (χ2v) is 15.9. The highest BCUT2D eigenvalue weighted by atomic mass is 31.2. The van der Waals surface area contributed by atoms with Gasteiger partial charge >= 0.3 is 19.8 Å². The highest BCUT2D eigenvalue weighted by Crippen LogP contribution is 2.47. The van der Waals surface area contributed by atoms with E-state index in [0.29, 0.717) is 12.8 Å². The average Bonchev–Trinajstić information content (AvgIpc) is 3.12. The number of hydrogen-bond acceptors (Lipinski definition) is 12. The van der Waals surface area contributed by atoms with Crippen molar-refractivity contribution in [2.45, 2.75) is 217 Å². The van der Waals surface area contributed by atoms with Gasteiger partial charge in [0.1, 0.15) is 43.2 Å². The Balaban J connectivity index is 2.43. The van der Waals surface area contributed by atoms with Crippen LogP contribution in [0.4, 0.5) is 0 Å². The standard InChI is InChI=1S/C38H73O13P/c1-3-5-7-9-11-12-13-14-15-16-17-18-19-20-21-23-25-27-32(40)50-30(28-48-31(39)26-24-22-10-8-6-4-2)29-49-52(46,47)51-38-36(44)34(42)33(41)35(43)37(38)45/h30,33-38,41-45H,3-29H2,1-2H3,(H,46,47). The largest absolute Gasteiger partial charge is 0.472 e. The zero-order valence-electron chi connectivity index (χ0n) is 32.1. The van der Waals surface area contributed by atoms with Crippen molar-refractivity contribution < 1.29 is 63.1 Å². The summed E-state index contributed by atoms with van der Waals surface area (Å²) >= 11 is 0. The van der Waals surface area contributed by atoms with Crippen LogP contribution in [0.15, 0.2) is 0 Å². The van der Waals surface area contributed by atoms with Gasteiger partial charge in [0.15, 0.2) is 6.10 Å². The summed E-state index contributed by atoms with van der Waals surface area (Å²) in [6, 6.07) is 0. The maximum Gasteiger partial charge on any atom is 0.472 e. The van der Waals surface area contributed by atoms with Gasteiger partial charge in [0, 0.05) is 12.8 Å². The van der Waals surface area contributed by atoms with Gasteiger partial charge in [-0.3, -0.25) is 18.6 Å². The minimum Gasteiger partial charge on any atom is -0.462 e. The first-order chi connectivity index (χ1) is 24.9. The molecule has 1 rings (SSSR count). The molecule has 6 atom stereocenters. The molecular formula is C38H73O13P. The molecule has 0 bridgehead atoms. The molecule has 14 heteroatoms. The zero-order valence-corrected chi connectivity index (χ0v) is 33.0. The van der Waals surface area contributed by atoms with Gasteiger partial charge in [-0.05, 0) is 12.8 Å². The molecule has 6 unspecified atom stereocenters. The molecule has 0 aromatic rings. The summed E-state index contributed by atoms with van der Waals surface area (Å²) in [5.41, 5.74) is 0. The lowest BCUT2D eigenvalue weighted by molar-refractivity contribution is -0.220. The summed E-state index contributed by atoms with van der Waals surface area (Å²) in [5.74, 6) is -1.10. The van der Waals surface area contributed by atoms with E-state index in [1.54, 1.807) is 0 Å². The summed E-state index contributed by atoms with van der Waals surface area (Å²) < 4.78 is 33.2. The minimum atomic E-state index is -5.10. The molecule has 0 radical (unpaired) electrons. The van der Waals surface area contributed by atoms with Crippen molar-refractivity contribution in [2.24, 2.45) is 0 Å². The van der Waals surface area contributed by atoms with Crippen molar-refractivity contribution in [3.8, 4) is 0 Å². The maximum absolute atomic E-state index is 12.7. The molecule has 6 N–H and O–H groups in total. The number of aliphatic hydroxyl groups excluding tert-OH is 5. The van der Waals surface area contributed by atoms with Crippen LogP contribution >= 0.6 is 7.82 Å². The number of hydrogen-bond donors (Lipinski definition) is 6. The Morgan fingerprint density at radius 2 is 0.865 bits per heavy atom. The Morgan fingerprint density at radius 3 is 1.27 bits per heavy atom. The number of carbonyl (C=O) groups is 2. The second-order valence-electron chi connectivity index (χ2n) is 14.5. The van der Waals surface area contributed by atoms with Gasteiger partial charge in [0.05, 0.1) is 6.61 Å². The summed E-state index contributed by atoms with van der Waals surface area (Å²) in [7, 11) is -5.10. The Labute approximate surface area is 312 Å².